The Morgan fingerprint density at radius 1 is 1.47 bits per heavy atom. The highest BCUT2D eigenvalue weighted by Crippen LogP contribution is 2.40. The van der Waals surface area contributed by atoms with Gasteiger partial charge in [0.25, 0.3) is 5.91 Å². The van der Waals surface area contributed by atoms with Gasteiger partial charge in [-0.1, -0.05) is 19.1 Å². The van der Waals surface area contributed by atoms with Crippen LogP contribution >= 0.6 is 0 Å². The molecule has 2 rings (SSSR count). The molecule has 0 spiro atoms. The highest BCUT2D eigenvalue weighted by Gasteiger charge is 2.31. The van der Waals surface area contributed by atoms with Crippen molar-refractivity contribution in [2.75, 3.05) is 13.7 Å². The molecular weight excluding hydrogens is 242 g/mol. The van der Waals surface area contributed by atoms with Gasteiger partial charge in [0.1, 0.15) is 11.9 Å². The second kappa shape index (κ2) is 5.61. The number of amides is 1. The molecule has 0 aromatic heterocycles. The van der Waals surface area contributed by atoms with Gasteiger partial charge < -0.3 is 14.8 Å². The monoisotopic (exact) mass is 263 g/mol. The highest BCUT2D eigenvalue weighted by molar-refractivity contribution is 5.97. The zero-order valence-corrected chi connectivity index (χ0v) is 11.9. The first-order valence-corrected chi connectivity index (χ1v) is 6.64. The lowest BCUT2D eigenvalue weighted by atomic mass is 9.97. The number of carbonyl (C=O) groups is 1. The number of methoxy groups -OCH3 is 1. The molecule has 4 nitrogen and oxygen atoms in total. The van der Waals surface area contributed by atoms with E-state index in [9.17, 15) is 4.79 Å². The maximum atomic E-state index is 12.3. The Hall–Kier alpha value is -1.55. The van der Waals surface area contributed by atoms with E-state index in [4.69, 9.17) is 9.47 Å². The lowest BCUT2D eigenvalue weighted by Crippen LogP contribution is -2.35. The summed E-state index contributed by atoms with van der Waals surface area (Å²) in [6.07, 6.45) is 0.111. The zero-order chi connectivity index (χ0) is 14.0. The van der Waals surface area contributed by atoms with E-state index in [1.165, 1.54) is 0 Å². The molecule has 0 saturated heterocycles. The van der Waals surface area contributed by atoms with Gasteiger partial charge in [-0.25, -0.2) is 0 Å². The van der Waals surface area contributed by atoms with Crippen LogP contribution in [0.15, 0.2) is 18.2 Å². The molecule has 1 heterocycles. The van der Waals surface area contributed by atoms with Crippen molar-refractivity contribution >= 4 is 5.91 Å². The molecule has 19 heavy (non-hydrogen) atoms. The third-order valence-electron chi connectivity index (χ3n) is 3.58. The van der Waals surface area contributed by atoms with Gasteiger partial charge in [0.05, 0.1) is 12.2 Å². The van der Waals surface area contributed by atoms with E-state index in [-0.39, 0.29) is 18.1 Å². The maximum Gasteiger partial charge on any atom is 0.255 e. The van der Waals surface area contributed by atoms with E-state index >= 15 is 0 Å². The number of hydrogen-bond acceptors (Lipinski definition) is 3. The van der Waals surface area contributed by atoms with E-state index in [1.807, 2.05) is 26.0 Å². The number of hydrogen-bond donors (Lipinski definition) is 1. The molecule has 1 N–H and O–H groups in total. The van der Waals surface area contributed by atoms with Crippen molar-refractivity contribution in [3.05, 3.63) is 29.3 Å². The number of carbonyl (C=O) groups excluding carboxylic acids is 1. The number of nitrogens with one attached hydrogen (secondary N) is 1. The van der Waals surface area contributed by atoms with Gasteiger partial charge in [-0.15, -0.1) is 0 Å². The summed E-state index contributed by atoms with van der Waals surface area (Å²) in [6.45, 7) is 6.55. The fourth-order valence-corrected chi connectivity index (χ4v) is 2.36. The molecule has 1 amide bonds. The quantitative estimate of drug-likeness (QED) is 0.907. The summed E-state index contributed by atoms with van der Waals surface area (Å²) in [5.41, 5.74) is 1.72. The molecule has 1 aromatic rings. The summed E-state index contributed by atoms with van der Waals surface area (Å²) >= 11 is 0. The molecule has 0 saturated carbocycles. The molecule has 1 aromatic carbocycles. The highest BCUT2D eigenvalue weighted by atomic mass is 16.5. The topological polar surface area (TPSA) is 47.6 Å². The van der Waals surface area contributed by atoms with Gasteiger partial charge >= 0.3 is 0 Å². The van der Waals surface area contributed by atoms with Crippen molar-refractivity contribution in [3.8, 4) is 5.75 Å². The first-order chi connectivity index (χ1) is 9.04. The van der Waals surface area contributed by atoms with E-state index in [2.05, 4.69) is 12.2 Å². The van der Waals surface area contributed by atoms with Crippen molar-refractivity contribution in [1.29, 1.82) is 0 Å². The van der Waals surface area contributed by atoms with Crippen LogP contribution in [0.2, 0.25) is 0 Å². The Bertz CT molecular complexity index is 472. The Labute approximate surface area is 114 Å². The van der Waals surface area contributed by atoms with Crippen LogP contribution in [-0.4, -0.2) is 31.8 Å². The van der Waals surface area contributed by atoms with Crippen molar-refractivity contribution in [2.24, 2.45) is 0 Å². The summed E-state index contributed by atoms with van der Waals surface area (Å²) in [5, 5.41) is 2.91. The van der Waals surface area contributed by atoms with E-state index < -0.39 is 0 Å². The third-order valence-corrected chi connectivity index (χ3v) is 3.58. The molecule has 0 bridgehead atoms. The molecule has 1 aliphatic heterocycles. The second-order valence-electron chi connectivity index (χ2n) is 5.17. The molecule has 0 unspecified atom stereocenters. The molecule has 104 valence electrons. The summed E-state index contributed by atoms with van der Waals surface area (Å²) < 4.78 is 10.8. The van der Waals surface area contributed by atoms with Crippen LogP contribution < -0.4 is 10.1 Å². The van der Waals surface area contributed by atoms with Gasteiger partial charge in [-0.05, 0) is 19.9 Å². The lowest BCUT2D eigenvalue weighted by molar-refractivity contribution is 0.0900. The molecule has 0 radical (unpaired) electrons. The summed E-state index contributed by atoms with van der Waals surface area (Å²) in [5.74, 6) is 0.937. The molecule has 0 fully saturated rings. The van der Waals surface area contributed by atoms with Gasteiger partial charge in [0.2, 0.25) is 0 Å². The number of rotatable bonds is 4. The van der Waals surface area contributed by atoms with E-state index in [0.717, 1.165) is 11.3 Å². The minimum Gasteiger partial charge on any atom is -0.489 e. The Kier molecular flexibility index (Phi) is 4.10. The Balaban J connectivity index is 2.21. The maximum absolute atomic E-state index is 12.3. The molecule has 4 heteroatoms. The number of benzene rings is 1. The normalized spacial score (nSPS) is 22.5. The van der Waals surface area contributed by atoms with E-state index in [0.29, 0.717) is 18.1 Å². The van der Waals surface area contributed by atoms with Crippen molar-refractivity contribution in [2.45, 2.75) is 38.8 Å². The SMILES string of the molecule is COC[C@H](C)NC(=O)c1cccc2c1O[C@@H](C)[C@@H]2C. The van der Waals surface area contributed by atoms with Gasteiger partial charge in [0.15, 0.2) is 0 Å². The van der Waals surface area contributed by atoms with Crippen LogP contribution in [0, 0.1) is 0 Å². The average Bonchev–Trinajstić information content (AvgIpc) is 2.65. The van der Waals surface area contributed by atoms with Gasteiger partial charge in [-0.3, -0.25) is 4.79 Å². The van der Waals surface area contributed by atoms with Crippen LogP contribution in [0.25, 0.3) is 0 Å². The fourth-order valence-electron chi connectivity index (χ4n) is 2.36. The lowest BCUT2D eigenvalue weighted by Gasteiger charge is -2.14. The number of ether oxygens (including phenoxy) is 2. The summed E-state index contributed by atoms with van der Waals surface area (Å²) in [7, 11) is 1.62. The van der Waals surface area contributed by atoms with Crippen LogP contribution in [0.4, 0.5) is 0 Å². The standard InChI is InChI=1S/C15H21NO3/c1-9(8-18-4)16-15(17)13-7-5-6-12-10(2)11(3)19-14(12)13/h5-7,9-11H,8H2,1-4H3,(H,16,17)/t9-,10-,11-/m0/s1. The molecular formula is C15H21NO3. The van der Waals surface area contributed by atoms with Gasteiger partial charge in [-0.2, -0.15) is 0 Å². The van der Waals surface area contributed by atoms with Crippen molar-refractivity contribution in [3.63, 3.8) is 0 Å². The number of para-hydroxylation sites is 1. The van der Waals surface area contributed by atoms with Crippen LogP contribution in [0.5, 0.6) is 5.75 Å². The predicted molar refractivity (Wildman–Crippen MR) is 73.8 cm³/mol. The van der Waals surface area contributed by atoms with Crippen molar-refractivity contribution < 1.29 is 14.3 Å². The van der Waals surface area contributed by atoms with Gasteiger partial charge in [0, 0.05) is 24.6 Å². The minimum atomic E-state index is -0.109. The van der Waals surface area contributed by atoms with E-state index in [1.54, 1.807) is 13.2 Å². The zero-order valence-electron chi connectivity index (χ0n) is 11.9. The second-order valence-corrected chi connectivity index (χ2v) is 5.17. The molecule has 1 aliphatic rings. The van der Waals surface area contributed by atoms with Crippen LogP contribution in [0.3, 0.4) is 0 Å². The molecule has 0 aliphatic carbocycles. The summed E-state index contributed by atoms with van der Waals surface area (Å²) in [4.78, 5) is 12.3. The largest absolute Gasteiger partial charge is 0.489 e. The first kappa shape index (κ1) is 13.9. The smallest absolute Gasteiger partial charge is 0.255 e. The first-order valence-electron chi connectivity index (χ1n) is 6.64. The fraction of sp³-hybridized carbons (Fsp3) is 0.533. The third kappa shape index (κ3) is 2.73. The Morgan fingerprint density at radius 3 is 2.89 bits per heavy atom. The van der Waals surface area contributed by atoms with Crippen LogP contribution in [0.1, 0.15) is 42.6 Å². The number of fused-ring (bicyclic) bond motifs is 1. The average molecular weight is 263 g/mol. The predicted octanol–water partition coefficient (Wildman–Crippen LogP) is 2.34. The molecule has 3 atom stereocenters. The van der Waals surface area contributed by atoms with Crippen LogP contribution in [-0.2, 0) is 4.74 Å². The Morgan fingerprint density at radius 2 is 2.21 bits per heavy atom. The summed E-state index contributed by atoms with van der Waals surface area (Å²) in [6, 6.07) is 5.72. The minimum absolute atomic E-state index is 0.0235. The van der Waals surface area contributed by atoms with Crippen molar-refractivity contribution in [1.82, 2.24) is 5.32 Å².